The van der Waals surface area contributed by atoms with Crippen molar-refractivity contribution >= 4 is 19.7 Å². The Labute approximate surface area is 105 Å². The van der Waals surface area contributed by atoms with Crippen molar-refractivity contribution in [3.05, 3.63) is 18.2 Å². The smallest absolute Gasteiger partial charge is 0.261 e. The molecule has 0 aliphatic carbocycles. The van der Waals surface area contributed by atoms with Crippen molar-refractivity contribution < 1.29 is 22.6 Å². The van der Waals surface area contributed by atoms with Crippen LogP contribution in [0, 0.1) is 0 Å². The maximum Gasteiger partial charge on any atom is 0.261 e. The monoisotopic (exact) mass is 280 g/mol. The predicted molar refractivity (Wildman–Crippen MR) is 63.2 cm³/mol. The summed E-state index contributed by atoms with van der Waals surface area (Å²) in [5.41, 5.74) is 0. The van der Waals surface area contributed by atoms with Crippen LogP contribution < -0.4 is 9.47 Å². The summed E-state index contributed by atoms with van der Waals surface area (Å²) in [6.45, 7) is 2.21. The van der Waals surface area contributed by atoms with E-state index in [4.69, 9.17) is 24.9 Å². The molecule has 5 nitrogen and oxygen atoms in total. The van der Waals surface area contributed by atoms with Crippen LogP contribution >= 0.6 is 10.7 Å². The SMILES string of the molecule is CCOc1cc(S(=O)(=O)Cl)ccc1OCOC. The molecule has 0 spiro atoms. The van der Waals surface area contributed by atoms with Crippen molar-refractivity contribution in [3.63, 3.8) is 0 Å². The molecule has 0 bridgehead atoms. The number of benzene rings is 1. The fourth-order valence-corrected chi connectivity index (χ4v) is 1.92. The van der Waals surface area contributed by atoms with Gasteiger partial charge in [0.2, 0.25) is 0 Å². The van der Waals surface area contributed by atoms with E-state index < -0.39 is 9.05 Å². The van der Waals surface area contributed by atoms with E-state index in [0.717, 1.165) is 0 Å². The first kappa shape index (κ1) is 14.1. The summed E-state index contributed by atoms with van der Waals surface area (Å²) < 4.78 is 37.6. The van der Waals surface area contributed by atoms with Gasteiger partial charge in [0.05, 0.1) is 11.5 Å². The molecule has 0 radical (unpaired) electrons. The molecule has 0 saturated carbocycles. The number of hydrogen-bond acceptors (Lipinski definition) is 5. The van der Waals surface area contributed by atoms with Gasteiger partial charge in [-0.3, -0.25) is 0 Å². The largest absolute Gasteiger partial charge is 0.490 e. The topological polar surface area (TPSA) is 61.8 Å². The van der Waals surface area contributed by atoms with Crippen LogP contribution in [-0.2, 0) is 13.8 Å². The molecule has 0 unspecified atom stereocenters. The zero-order valence-electron chi connectivity index (χ0n) is 9.47. The third-order valence-electron chi connectivity index (χ3n) is 1.83. The number of methoxy groups -OCH3 is 1. The lowest BCUT2D eigenvalue weighted by atomic mass is 10.3. The van der Waals surface area contributed by atoms with Gasteiger partial charge in [-0.05, 0) is 19.1 Å². The van der Waals surface area contributed by atoms with Crippen LogP contribution in [-0.4, -0.2) is 28.9 Å². The van der Waals surface area contributed by atoms with E-state index in [1.54, 1.807) is 6.92 Å². The highest BCUT2D eigenvalue weighted by molar-refractivity contribution is 8.13. The molecule has 0 fully saturated rings. The van der Waals surface area contributed by atoms with Gasteiger partial charge < -0.3 is 14.2 Å². The van der Waals surface area contributed by atoms with E-state index in [-0.39, 0.29) is 11.7 Å². The van der Waals surface area contributed by atoms with Gasteiger partial charge in [-0.25, -0.2) is 8.42 Å². The molecule has 0 amide bonds. The van der Waals surface area contributed by atoms with Gasteiger partial charge in [0.15, 0.2) is 18.3 Å². The Hall–Kier alpha value is -0.980. The highest BCUT2D eigenvalue weighted by Crippen LogP contribution is 2.31. The fraction of sp³-hybridized carbons (Fsp3) is 0.400. The van der Waals surface area contributed by atoms with E-state index in [2.05, 4.69) is 0 Å². The highest BCUT2D eigenvalue weighted by atomic mass is 35.7. The second-order valence-electron chi connectivity index (χ2n) is 3.03. The van der Waals surface area contributed by atoms with Crippen LogP contribution in [0.1, 0.15) is 6.92 Å². The van der Waals surface area contributed by atoms with Gasteiger partial charge in [-0.2, -0.15) is 0 Å². The minimum atomic E-state index is -3.78. The zero-order chi connectivity index (χ0) is 12.9. The molecular weight excluding hydrogens is 268 g/mol. The number of rotatable bonds is 6. The van der Waals surface area contributed by atoms with Gasteiger partial charge in [0.25, 0.3) is 9.05 Å². The molecule has 1 rings (SSSR count). The summed E-state index contributed by atoms with van der Waals surface area (Å²) in [5.74, 6) is 0.712. The fourth-order valence-electron chi connectivity index (χ4n) is 1.15. The Morgan fingerprint density at radius 1 is 1.24 bits per heavy atom. The molecule has 0 atom stereocenters. The lowest BCUT2D eigenvalue weighted by Crippen LogP contribution is -2.03. The van der Waals surface area contributed by atoms with Crippen LogP contribution in [0.5, 0.6) is 11.5 Å². The Bertz CT molecular complexity index is 472. The molecule has 0 heterocycles. The van der Waals surface area contributed by atoms with Crippen molar-refractivity contribution in [3.8, 4) is 11.5 Å². The van der Waals surface area contributed by atoms with E-state index in [1.807, 2.05) is 0 Å². The maximum atomic E-state index is 11.2. The van der Waals surface area contributed by atoms with Crippen molar-refractivity contribution in [1.82, 2.24) is 0 Å². The molecule has 7 heteroatoms. The lowest BCUT2D eigenvalue weighted by molar-refractivity contribution is 0.0486. The number of ether oxygens (including phenoxy) is 3. The average Bonchev–Trinajstić information content (AvgIpc) is 2.26. The van der Waals surface area contributed by atoms with Gasteiger partial charge in [0.1, 0.15) is 0 Å². The molecule has 17 heavy (non-hydrogen) atoms. The molecule has 1 aromatic carbocycles. The summed E-state index contributed by atoms with van der Waals surface area (Å²) >= 11 is 0. The summed E-state index contributed by atoms with van der Waals surface area (Å²) in [6, 6.07) is 4.13. The highest BCUT2D eigenvalue weighted by Gasteiger charge is 2.14. The predicted octanol–water partition coefficient (Wildman–Crippen LogP) is 2.00. The first-order valence-electron chi connectivity index (χ1n) is 4.82. The molecule has 96 valence electrons. The third kappa shape index (κ3) is 4.07. The van der Waals surface area contributed by atoms with Crippen LogP contribution in [0.15, 0.2) is 23.1 Å². The second-order valence-corrected chi connectivity index (χ2v) is 5.60. The van der Waals surface area contributed by atoms with E-state index in [1.165, 1.54) is 25.3 Å². The van der Waals surface area contributed by atoms with Gasteiger partial charge in [0, 0.05) is 23.9 Å². The van der Waals surface area contributed by atoms with Crippen LogP contribution in [0.4, 0.5) is 0 Å². The van der Waals surface area contributed by atoms with Gasteiger partial charge >= 0.3 is 0 Å². The van der Waals surface area contributed by atoms with Crippen LogP contribution in [0.25, 0.3) is 0 Å². The summed E-state index contributed by atoms with van der Waals surface area (Å²) in [5, 5.41) is 0. The summed E-state index contributed by atoms with van der Waals surface area (Å²) in [4.78, 5) is -0.0348. The Balaban J connectivity index is 3.08. The standard InChI is InChI=1S/C10H13ClO5S/c1-3-15-10-6-8(17(11,12)13)4-5-9(10)16-7-14-2/h4-6H,3,7H2,1-2H3. The minimum Gasteiger partial charge on any atom is -0.490 e. The number of halogens is 1. The van der Waals surface area contributed by atoms with E-state index in [9.17, 15) is 8.42 Å². The van der Waals surface area contributed by atoms with Crippen molar-refractivity contribution in [2.24, 2.45) is 0 Å². The normalized spacial score (nSPS) is 11.2. The second kappa shape index (κ2) is 6.09. The first-order valence-corrected chi connectivity index (χ1v) is 7.13. The Morgan fingerprint density at radius 2 is 1.94 bits per heavy atom. The maximum absolute atomic E-state index is 11.2. The first-order chi connectivity index (χ1) is 7.99. The molecule has 0 aliphatic heterocycles. The molecule has 0 aromatic heterocycles. The van der Waals surface area contributed by atoms with E-state index >= 15 is 0 Å². The average molecular weight is 281 g/mol. The van der Waals surface area contributed by atoms with E-state index in [0.29, 0.717) is 18.1 Å². The summed E-state index contributed by atoms with van der Waals surface area (Å²) in [6.07, 6.45) is 0. The molecule has 0 N–H and O–H groups in total. The summed E-state index contributed by atoms with van der Waals surface area (Å²) in [7, 11) is 2.95. The number of hydrogen-bond donors (Lipinski definition) is 0. The van der Waals surface area contributed by atoms with Crippen molar-refractivity contribution in [2.75, 3.05) is 20.5 Å². The lowest BCUT2D eigenvalue weighted by Gasteiger charge is -2.11. The Kier molecular flexibility index (Phi) is 5.04. The minimum absolute atomic E-state index is 0.0348. The van der Waals surface area contributed by atoms with Crippen LogP contribution in [0.2, 0.25) is 0 Å². The third-order valence-corrected chi connectivity index (χ3v) is 3.18. The Morgan fingerprint density at radius 3 is 2.47 bits per heavy atom. The van der Waals surface area contributed by atoms with Crippen molar-refractivity contribution in [2.45, 2.75) is 11.8 Å². The van der Waals surface area contributed by atoms with Gasteiger partial charge in [-0.15, -0.1) is 0 Å². The van der Waals surface area contributed by atoms with Crippen LogP contribution in [0.3, 0.4) is 0 Å². The molecular formula is C10H13ClO5S. The van der Waals surface area contributed by atoms with Gasteiger partial charge in [-0.1, -0.05) is 0 Å². The van der Waals surface area contributed by atoms with Crippen molar-refractivity contribution in [1.29, 1.82) is 0 Å². The molecule has 1 aromatic rings. The quantitative estimate of drug-likeness (QED) is 0.589. The molecule has 0 saturated heterocycles. The molecule has 0 aliphatic rings. The zero-order valence-corrected chi connectivity index (χ0v) is 11.0.